The van der Waals surface area contributed by atoms with Crippen molar-refractivity contribution in [2.45, 2.75) is 42.9 Å². The van der Waals surface area contributed by atoms with Crippen LogP contribution in [0.15, 0.2) is 47.4 Å². The van der Waals surface area contributed by atoms with Crippen LogP contribution in [0.3, 0.4) is 0 Å². The molecular formula is C22H23ClN2O4S2. The smallest absolute Gasteiger partial charge is 0.260 e. The number of carbonyl (C=O) groups excluding carboxylic acids is 1. The maximum Gasteiger partial charge on any atom is 0.260 e. The van der Waals surface area contributed by atoms with Gasteiger partial charge in [-0.05, 0) is 63.1 Å². The number of hydrogen-bond donors (Lipinski definition) is 0. The molecule has 9 heteroatoms. The zero-order chi connectivity index (χ0) is 22.2. The number of carbonyl (C=O) groups is 1. The van der Waals surface area contributed by atoms with Gasteiger partial charge in [-0.25, -0.2) is 13.4 Å². The van der Waals surface area contributed by atoms with Crippen molar-refractivity contribution >= 4 is 54.0 Å². The molecule has 1 unspecified atom stereocenters. The van der Waals surface area contributed by atoms with E-state index < -0.39 is 15.1 Å². The van der Waals surface area contributed by atoms with Gasteiger partial charge in [0.2, 0.25) is 0 Å². The minimum Gasteiger partial charge on any atom is -0.376 e. The average molecular weight is 479 g/mol. The van der Waals surface area contributed by atoms with Gasteiger partial charge in [0.25, 0.3) is 5.91 Å². The molecule has 1 aliphatic rings. The third kappa shape index (κ3) is 4.62. The number of benzene rings is 2. The number of halogens is 1. The molecule has 2 aromatic carbocycles. The topological polar surface area (TPSA) is 76.6 Å². The van der Waals surface area contributed by atoms with E-state index in [1.165, 1.54) is 23.5 Å². The Balaban J connectivity index is 1.73. The normalized spacial score (nSPS) is 16.8. The Morgan fingerprint density at radius 3 is 2.81 bits per heavy atom. The number of thiazole rings is 1. The quantitative estimate of drug-likeness (QED) is 0.500. The molecule has 164 valence electrons. The van der Waals surface area contributed by atoms with Crippen molar-refractivity contribution in [1.29, 1.82) is 0 Å². The summed E-state index contributed by atoms with van der Waals surface area (Å²) >= 11 is 7.49. The Labute approximate surface area is 190 Å². The van der Waals surface area contributed by atoms with Crippen LogP contribution in [0.4, 0.5) is 5.13 Å². The summed E-state index contributed by atoms with van der Waals surface area (Å²) in [5, 5.41) is 0.566. The van der Waals surface area contributed by atoms with E-state index >= 15 is 0 Å². The number of anilines is 1. The summed E-state index contributed by atoms with van der Waals surface area (Å²) in [5.74, 6) is -0.304. The number of aromatic nitrogens is 1. The van der Waals surface area contributed by atoms with Gasteiger partial charge in [-0.3, -0.25) is 9.69 Å². The van der Waals surface area contributed by atoms with Crippen LogP contribution in [0.2, 0.25) is 5.02 Å². The number of sulfone groups is 1. The second-order valence-electron chi connectivity index (χ2n) is 7.78. The first-order valence-corrected chi connectivity index (χ1v) is 12.8. The predicted octanol–water partition coefficient (Wildman–Crippen LogP) is 4.96. The number of nitrogens with zero attached hydrogens (tertiary/aromatic N) is 2. The summed E-state index contributed by atoms with van der Waals surface area (Å²) in [6, 6.07) is 11.6. The molecule has 4 rings (SSSR count). The lowest BCUT2D eigenvalue weighted by atomic mass is 10.2. The summed E-state index contributed by atoms with van der Waals surface area (Å²) in [5.41, 5.74) is 1.06. The first-order valence-electron chi connectivity index (χ1n) is 10.1. The summed E-state index contributed by atoms with van der Waals surface area (Å²) in [4.78, 5) is 19.9. The minimum atomic E-state index is -3.49. The molecule has 31 heavy (non-hydrogen) atoms. The highest BCUT2D eigenvalue weighted by molar-refractivity contribution is 7.92. The number of hydrogen-bond acceptors (Lipinski definition) is 6. The Morgan fingerprint density at radius 1 is 1.29 bits per heavy atom. The van der Waals surface area contributed by atoms with E-state index in [9.17, 15) is 13.2 Å². The van der Waals surface area contributed by atoms with E-state index in [1.807, 2.05) is 12.1 Å². The van der Waals surface area contributed by atoms with Gasteiger partial charge in [0.1, 0.15) is 0 Å². The first-order chi connectivity index (χ1) is 14.8. The fraction of sp³-hybridized carbons (Fsp3) is 0.364. The Morgan fingerprint density at radius 2 is 2.10 bits per heavy atom. The van der Waals surface area contributed by atoms with Crippen LogP contribution in [0.25, 0.3) is 10.2 Å². The van der Waals surface area contributed by atoms with Crippen LogP contribution in [-0.2, 0) is 14.6 Å². The van der Waals surface area contributed by atoms with Crippen molar-refractivity contribution in [3.05, 3.63) is 53.1 Å². The molecule has 0 spiro atoms. The molecule has 0 N–H and O–H groups in total. The molecule has 6 nitrogen and oxygen atoms in total. The van der Waals surface area contributed by atoms with Gasteiger partial charge in [-0.1, -0.05) is 29.0 Å². The number of ether oxygens (including phenoxy) is 1. The number of rotatable bonds is 6. The summed E-state index contributed by atoms with van der Waals surface area (Å²) in [7, 11) is -3.49. The lowest BCUT2D eigenvalue weighted by Crippen LogP contribution is -2.37. The fourth-order valence-electron chi connectivity index (χ4n) is 3.48. The lowest BCUT2D eigenvalue weighted by molar-refractivity contribution is 0.0917. The van der Waals surface area contributed by atoms with Crippen molar-refractivity contribution in [3.63, 3.8) is 0 Å². The van der Waals surface area contributed by atoms with E-state index in [0.29, 0.717) is 28.9 Å². The molecule has 1 atom stereocenters. The van der Waals surface area contributed by atoms with E-state index in [1.54, 1.807) is 36.9 Å². The van der Waals surface area contributed by atoms with Crippen molar-refractivity contribution < 1.29 is 17.9 Å². The van der Waals surface area contributed by atoms with Crippen LogP contribution < -0.4 is 4.90 Å². The average Bonchev–Trinajstić information content (AvgIpc) is 3.40. The highest BCUT2D eigenvalue weighted by atomic mass is 35.5. The second kappa shape index (κ2) is 8.86. The van der Waals surface area contributed by atoms with E-state index in [2.05, 4.69) is 4.98 Å². The maximum atomic E-state index is 13.5. The largest absolute Gasteiger partial charge is 0.376 e. The molecule has 2 heterocycles. The summed E-state index contributed by atoms with van der Waals surface area (Å²) in [6.07, 6.45) is 1.73. The molecule has 0 bridgehead atoms. The van der Waals surface area contributed by atoms with Gasteiger partial charge < -0.3 is 4.74 Å². The highest BCUT2D eigenvalue weighted by Gasteiger charge is 2.28. The standard InChI is InChI=1S/C22H23ClN2O4S2/c1-14(2)31(27,28)18-7-3-5-15(11-18)21(26)25(13-17-6-4-10-29-17)22-24-19-9-8-16(23)12-20(19)30-22/h3,5,7-9,11-12,14,17H,4,6,10,13H2,1-2H3. The van der Waals surface area contributed by atoms with Gasteiger partial charge in [0.05, 0.1) is 33.0 Å². The molecule has 1 amide bonds. The SMILES string of the molecule is CC(C)S(=O)(=O)c1cccc(C(=O)N(CC2CCCO2)c2nc3ccc(Cl)cc3s2)c1. The van der Waals surface area contributed by atoms with E-state index in [4.69, 9.17) is 16.3 Å². The molecule has 0 radical (unpaired) electrons. The van der Waals surface area contributed by atoms with Crippen LogP contribution in [-0.4, -0.2) is 43.8 Å². The van der Waals surface area contributed by atoms with Crippen LogP contribution in [0.1, 0.15) is 37.0 Å². The lowest BCUT2D eigenvalue weighted by Gasteiger charge is -2.23. The first kappa shape index (κ1) is 22.2. The molecule has 0 saturated carbocycles. The summed E-state index contributed by atoms with van der Waals surface area (Å²) < 4.78 is 31.9. The number of amides is 1. The summed E-state index contributed by atoms with van der Waals surface area (Å²) in [6.45, 7) is 4.28. The van der Waals surface area contributed by atoms with Gasteiger partial charge in [-0.15, -0.1) is 0 Å². The molecular weight excluding hydrogens is 456 g/mol. The van der Waals surface area contributed by atoms with E-state index in [0.717, 1.165) is 23.1 Å². The van der Waals surface area contributed by atoms with Gasteiger partial charge >= 0.3 is 0 Å². The van der Waals surface area contributed by atoms with Crippen LogP contribution >= 0.6 is 22.9 Å². The van der Waals surface area contributed by atoms with Crippen molar-refractivity contribution in [2.24, 2.45) is 0 Å². The zero-order valence-corrected chi connectivity index (χ0v) is 19.6. The van der Waals surface area contributed by atoms with Crippen molar-refractivity contribution in [3.8, 4) is 0 Å². The minimum absolute atomic E-state index is 0.0814. The third-order valence-corrected chi connectivity index (χ3v) is 8.68. The van der Waals surface area contributed by atoms with E-state index in [-0.39, 0.29) is 16.9 Å². The predicted molar refractivity (Wildman–Crippen MR) is 124 cm³/mol. The van der Waals surface area contributed by atoms with Gasteiger partial charge in [0.15, 0.2) is 15.0 Å². The molecule has 3 aromatic rings. The molecule has 1 saturated heterocycles. The molecule has 0 aliphatic carbocycles. The highest BCUT2D eigenvalue weighted by Crippen LogP contribution is 2.32. The van der Waals surface area contributed by atoms with Crippen molar-refractivity contribution in [2.75, 3.05) is 18.1 Å². The second-order valence-corrected chi connectivity index (χ2v) is 11.7. The monoisotopic (exact) mass is 478 g/mol. The van der Waals surface area contributed by atoms with Crippen LogP contribution in [0.5, 0.6) is 0 Å². The molecule has 1 fully saturated rings. The third-order valence-electron chi connectivity index (χ3n) is 5.26. The van der Waals surface area contributed by atoms with Gasteiger partial charge in [-0.2, -0.15) is 0 Å². The van der Waals surface area contributed by atoms with Crippen molar-refractivity contribution in [1.82, 2.24) is 4.98 Å². The number of fused-ring (bicyclic) bond motifs is 1. The maximum absolute atomic E-state index is 13.5. The molecule has 1 aromatic heterocycles. The Hall–Kier alpha value is -2.00. The Kier molecular flexibility index (Phi) is 6.35. The van der Waals surface area contributed by atoms with Crippen LogP contribution in [0, 0.1) is 0 Å². The fourth-order valence-corrected chi connectivity index (χ4v) is 5.83. The van der Waals surface area contributed by atoms with Gasteiger partial charge in [0, 0.05) is 17.2 Å². The zero-order valence-electron chi connectivity index (χ0n) is 17.2. The molecule has 1 aliphatic heterocycles. The Bertz CT molecular complexity index is 1220.